The molecule has 0 amide bonds. The Balaban J connectivity index is 1.45. The van der Waals surface area contributed by atoms with Crippen LogP contribution in [0.1, 0.15) is 29.8 Å². The van der Waals surface area contributed by atoms with Crippen LogP contribution in [0.3, 0.4) is 0 Å². The molecule has 0 bridgehead atoms. The van der Waals surface area contributed by atoms with Gasteiger partial charge in [-0.05, 0) is 38.1 Å². The fourth-order valence-corrected chi connectivity index (χ4v) is 3.46. The molecule has 148 valence electrons. The number of aromatic nitrogens is 4. The Hall–Kier alpha value is -3.38. The van der Waals surface area contributed by atoms with Gasteiger partial charge in [0, 0.05) is 35.6 Å². The summed E-state index contributed by atoms with van der Waals surface area (Å²) in [4.78, 5) is 0. The van der Waals surface area contributed by atoms with Crippen molar-refractivity contribution in [3.63, 3.8) is 0 Å². The zero-order valence-corrected chi connectivity index (χ0v) is 16.9. The first kappa shape index (κ1) is 19.0. The zero-order chi connectivity index (χ0) is 20.2. The standard InChI is InChI=1S/C23H25N5O/c1-17(21-15-26-28(18(21)2)20-9-5-4-6-10-20)24-13-19-14-25-27(16-19)22-11-7-8-12-23(22)29-3/h4-12,14-17,24H,13H2,1-3H3/t17-/m1/s1. The molecule has 0 aliphatic heterocycles. The second-order valence-electron chi connectivity index (χ2n) is 7.00. The Morgan fingerprint density at radius 3 is 2.55 bits per heavy atom. The summed E-state index contributed by atoms with van der Waals surface area (Å²) in [6.07, 6.45) is 5.85. The third kappa shape index (κ3) is 3.93. The number of hydrogen-bond donors (Lipinski definition) is 1. The van der Waals surface area contributed by atoms with Crippen LogP contribution in [0.15, 0.2) is 73.2 Å². The highest BCUT2D eigenvalue weighted by atomic mass is 16.5. The van der Waals surface area contributed by atoms with Crippen LogP contribution in [0.2, 0.25) is 0 Å². The quantitative estimate of drug-likeness (QED) is 0.516. The molecule has 2 aromatic carbocycles. The fraction of sp³-hybridized carbons (Fsp3) is 0.217. The van der Waals surface area contributed by atoms with Crippen molar-refractivity contribution < 1.29 is 4.74 Å². The molecule has 4 aromatic rings. The van der Waals surface area contributed by atoms with Crippen molar-refractivity contribution in [1.82, 2.24) is 24.9 Å². The van der Waals surface area contributed by atoms with Crippen LogP contribution in [0.25, 0.3) is 11.4 Å². The molecule has 6 heteroatoms. The molecule has 6 nitrogen and oxygen atoms in total. The SMILES string of the molecule is COc1ccccc1-n1cc(CN[C@H](C)c2cnn(-c3ccccc3)c2C)cn1. The Morgan fingerprint density at radius 1 is 1.00 bits per heavy atom. The van der Waals surface area contributed by atoms with E-state index in [9.17, 15) is 0 Å². The second-order valence-corrected chi connectivity index (χ2v) is 7.00. The second kappa shape index (κ2) is 8.32. The third-order valence-corrected chi connectivity index (χ3v) is 5.10. The van der Waals surface area contributed by atoms with E-state index in [4.69, 9.17) is 4.74 Å². The monoisotopic (exact) mass is 387 g/mol. The summed E-state index contributed by atoms with van der Waals surface area (Å²) in [5.74, 6) is 0.799. The molecule has 29 heavy (non-hydrogen) atoms. The molecule has 0 radical (unpaired) electrons. The van der Waals surface area contributed by atoms with Gasteiger partial charge in [0.25, 0.3) is 0 Å². The summed E-state index contributed by atoms with van der Waals surface area (Å²) in [6.45, 7) is 4.98. The lowest BCUT2D eigenvalue weighted by Gasteiger charge is -2.13. The van der Waals surface area contributed by atoms with Gasteiger partial charge >= 0.3 is 0 Å². The first-order valence-corrected chi connectivity index (χ1v) is 9.67. The van der Waals surface area contributed by atoms with Crippen LogP contribution in [0, 0.1) is 6.92 Å². The lowest BCUT2D eigenvalue weighted by atomic mass is 10.1. The summed E-state index contributed by atoms with van der Waals surface area (Å²) < 4.78 is 9.26. The normalized spacial score (nSPS) is 12.1. The molecule has 1 atom stereocenters. The smallest absolute Gasteiger partial charge is 0.144 e. The Bertz CT molecular complexity index is 1080. The molecular formula is C23H25N5O. The van der Waals surface area contributed by atoms with E-state index in [1.807, 2.05) is 70.4 Å². The number of para-hydroxylation sites is 3. The van der Waals surface area contributed by atoms with Gasteiger partial charge in [0.2, 0.25) is 0 Å². The van der Waals surface area contributed by atoms with Gasteiger partial charge in [0.1, 0.15) is 11.4 Å². The van der Waals surface area contributed by atoms with Gasteiger partial charge in [0.15, 0.2) is 0 Å². The van der Waals surface area contributed by atoms with Crippen molar-refractivity contribution >= 4 is 0 Å². The molecule has 4 rings (SSSR count). The Kier molecular flexibility index (Phi) is 5.44. The number of benzene rings is 2. The van der Waals surface area contributed by atoms with E-state index in [2.05, 4.69) is 41.5 Å². The van der Waals surface area contributed by atoms with Crippen molar-refractivity contribution in [2.45, 2.75) is 26.4 Å². The summed E-state index contributed by atoms with van der Waals surface area (Å²) in [5, 5.41) is 12.6. The topological polar surface area (TPSA) is 56.9 Å². The largest absolute Gasteiger partial charge is 0.494 e. The van der Waals surface area contributed by atoms with E-state index >= 15 is 0 Å². The van der Waals surface area contributed by atoms with Gasteiger partial charge in [0.05, 0.1) is 25.2 Å². The minimum absolute atomic E-state index is 0.169. The minimum Gasteiger partial charge on any atom is -0.494 e. The Labute approximate surface area is 170 Å². The Morgan fingerprint density at radius 2 is 1.76 bits per heavy atom. The van der Waals surface area contributed by atoms with E-state index < -0.39 is 0 Å². The van der Waals surface area contributed by atoms with E-state index in [0.29, 0.717) is 6.54 Å². The number of methoxy groups -OCH3 is 1. The van der Waals surface area contributed by atoms with Crippen LogP contribution < -0.4 is 10.1 Å². The van der Waals surface area contributed by atoms with Crippen molar-refractivity contribution in [2.75, 3.05) is 7.11 Å². The number of rotatable bonds is 7. The summed E-state index contributed by atoms with van der Waals surface area (Å²) in [6, 6.07) is 18.2. The van der Waals surface area contributed by atoms with Crippen molar-refractivity contribution in [1.29, 1.82) is 0 Å². The van der Waals surface area contributed by atoms with Gasteiger partial charge in [-0.25, -0.2) is 9.36 Å². The zero-order valence-electron chi connectivity index (χ0n) is 16.9. The van der Waals surface area contributed by atoms with Crippen LogP contribution >= 0.6 is 0 Å². The number of ether oxygens (including phenoxy) is 1. The minimum atomic E-state index is 0.169. The van der Waals surface area contributed by atoms with E-state index in [1.165, 1.54) is 5.56 Å². The summed E-state index contributed by atoms with van der Waals surface area (Å²) in [7, 11) is 1.67. The maximum atomic E-state index is 5.43. The van der Waals surface area contributed by atoms with Crippen molar-refractivity contribution in [3.8, 4) is 17.1 Å². The summed E-state index contributed by atoms with van der Waals surface area (Å²) >= 11 is 0. The molecule has 1 N–H and O–H groups in total. The lowest BCUT2D eigenvalue weighted by Crippen LogP contribution is -2.18. The van der Waals surface area contributed by atoms with Crippen molar-refractivity contribution in [2.24, 2.45) is 0 Å². The molecule has 0 saturated heterocycles. The van der Waals surface area contributed by atoms with E-state index in [0.717, 1.165) is 28.4 Å². The van der Waals surface area contributed by atoms with Crippen LogP contribution in [-0.2, 0) is 6.54 Å². The maximum Gasteiger partial charge on any atom is 0.144 e. The molecule has 0 unspecified atom stereocenters. The van der Waals surface area contributed by atoms with Crippen LogP contribution in [-0.4, -0.2) is 26.7 Å². The molecule has 2 aromatic heterocycles. The lowest BCUT2D eigenvalue weighted by molar-refractivity contribution is 0.411. The first-order chi connectivity index (χ1) is 14.2. The highest BCUT2D eigenvalue weighted by Crippen LogP contribution is 2.23. The van der Waals surface area contributed by atoms with Gasteiger partial charge in [-0.1, -0.05) is 30.3 Å². The molecule has 2 heterocycles. The van der Waals surface area contributed by atoms with Crippen LogP contribution in [0.5, 0.6) is 5.75 Å². The van der Waals surface area contributed by atoms with Crippen molar-refractivity contribution in [3.05, 3.63) is 90.0 Å². The van der Waals surface area contributed by atoms with Gasteiger partial charge in [-0.2, -0.15) is 10.2 Å². The van der Waals surface area contributed by atoms with E-state index in [-0.39, 0.29) is 6.04 Å². The molecule has 0 fully saturated rings. The highest BCUT2D eigenvalue weighted by molar-refractivity contribution is 5.46. The predicted octanol–water partition coefficient (Wildman–Crippen LogP) is 4.23. The maximum absolute atomic E-state index is 5.43. The van der Waals surface area contributed by atoms with Crippen LogP contribution in [0.4, 0.5) is 0 Å². The number of hydrogen-bond acceptors (Lipinski definition) is 4. The third-order valence-electron chi connectivity index (χ3n) is 5.10. The average molecular weight is 387 g/mol. The molecular weight excluding hydrogens is 362 g/mol. The van der Waals surface area contributed by atoms with Gasteiger partial charge < -0.3 is 10.1 Å². The molecule has 0 spiro atoms. The first-order valence-electron chi connectivity index (χ1n) is 9.67. The van der Waals surface area contributed by atoms with Gasteiger partial charge in [-0.15, -0.1) is 0 Å². The molecule has 0 saturated carbocycles. The fourth-order valence-electron chi connectivity index (χ4n) is 3.46. The number of nitrogens with zero attached hydrogens (tertiary/aromatic N) is 4. The molecule has 0 aliphatic carbocycles. The number of nitrogens with one attached hydrogen (secondary N) is 1. The summed E-state index contributed by atoms with van der Waals surface area (Å²) in [5.41, 5.74) is 5.43. The predicted molar refractivity (Wildman–Crippen MR) is 114 cm³/mol. The van der Waals surface area contributed by atoms with E-state index in [1.54, 1.807) is 7.11 Å². The average Bonchev–Trinajstić information content (AvgIpc) is 3.39. The van der Waals surface area contributed by atoms with Gasteiger partial charge in [-0.3, -0.25) is 0 Å². The molecule has 0 aliphatic rings. The highest BCUT2D eigenvalue weighted by Gasteiger charge is 2.14.